The molecule has 0 aromatic heterocycles. The zero-order valence-corrected chi connectivity index (χ0v) is 6.65. The molecule has 1 aliphatic rings. The van der Waals surface area contributed by atoms with Crippen molar-refractivity contribution in [1.29, 1.82) is 0 Å². The van der Waals surface area contributed by atoms with Gasteiger partial charge in [-0.1, -0.05) is 0 Å². The van der Waals surface area contributed by atoms with E-state index in [1.807, 2.05) is 0 Å². The summed E-state index contributed by atoms with van der Waals surface area (Å²) in [7, 11) is 0. The molecule has 1 aliphatic heterocycles. The van der Waals surface area contributed by atoms with Crippen molar-refractivity contribution in [3.63, 3.8) is 0 Å². The molecular weight excluding hydrogens is 164 g/mol. The number of carboxylic acid groups (broad SMARTS) is 2. The fourth-order valence-electron chi connectivity index (χ4n) is 0.687. The van der Waals surface area contributed by atoms with Crippen molar-refractivity contribution in [3.8, 4) is 0 Å². The second-order valence-electron chi connectivity index (χ2n) is 2.28. The third-order valence-electron chi connectivity index (χ3n) is 1.26. The predicted octanol–water partition coefficient (Wildman–Crippen LogP) is 0.343. The predicted molar refractivity (Wildman–Crippen MR) is 39.9 cm³/mol. The summed E-state index contributed by atoms with van der Waals surface area (Å²) < 4.78 is 5.07. The largest absolute Gasteiger partial charge is 0.473 e. The van der Waals surface area contributed by atoms with Gasteiger partial charge in [-0.25, -0.2) is 9.59 Å². The first-order valence-corrected chi connectivity index (χ1v) is 3.68. The quantitative estimate of drug-likeness (QED) is 0.520. The van der Waals surface area contributed by atoms with Gasteiger partial charge in [-0.2, -0.15) is 0 Å². The fraction of sp³-hybridized carbons (Fsp3) is 0.714. The lowest BCUT2D eigenvalue weighted by Crippen LogP contribution is -2.09. The highest BCUT2D eigenvalue weighted by Crippen LogP contribution is 2.02. The number of hydrogen-bond acceptors (Lipinski definition) is 3. The van der Waals surface area contributed by atoms with E-state index in [1.165, 1.54) is 19.3 Å². The second kappa shape index (κ2) is 6.60. The summed E-state index contributed by atoms with van der Waals surface area (Å²) in [6, 6.07) is 0. The Morgan fingerprint density at radius 1 is 0.917 bits per heavy atom. The van der Waals surface area contributed by atoms with E-state index < -0.39 is 11.9 Å². The molecule has 12 heavy (non-hydrogen) atoms. The van der Waals surface area contributed by atoms with Crippen molar-refractivity contribution in [1.82, 2.24) is 0 Å². The van der Waals surface area contributed by atoms with Crippen LogP contribution in [0.25, 0.3) is 0 Å². The highest BCUT2D eigenvalue weighted by Gasteiger charge is 2.04. The minimum Gasteiger partial charge on any atom is -0.473 e. The number of aliphatic carboxylic acids is 2. The van der Waals surface area contributed by atoms with E-state index in [9.17, 15) is 0 Å². The van der Waals surface area contributed by atoms with Crippen LogP contribution in [-0.4, -0.2) is 35.4 Å². The summed E-state index contributed by atoms with van der Waals surface area (Å²) in [5.74, 6) is -3.65. The topological polar surface area (TPSA) is 83.8 Å². The van der Waals surface area contributed by atoms with E-state index in [4.69, 9.17) is 24.5 Å². The minimum absolute atomic E-state index is 1.00. The molecule has 1 heterocycles. The first-order chi connectivity index (χ1) is 5.64. The minimum atomic E-state index is -1.82. The third-order valence-corrected chi connectivity index (χ3v) is 1.26. The van der Waals surface area contributed by atoms with Gasteiger partial charge in [0, 0.05) is 13.2 Å². The van der Waals surface area contributed by atoms with Gasteiger partial charge in [-0.15, -0.1) is 0 Å². The number of hydrogen-bond donors (Lipinski definition) is 2. The molecule has 5 heteroatoms. The summed E-state index contributed by atoms with van der Waals surface area (Å²) in [5, 5.41) is 14.8. The monoisotopic (exact) mass is 176 g/mol. The van der Waals surface area contributed by atoms with Gasteiger partial charge in [-0.3, -0.25) is 0 Å². The molecule has 0 bridgehead atoms. The van der Waals surface area contributed by atoms with Crippen molar-refractivity contribution in [3.05, 3.63) is 0 Å². The molecule has 0 unspecified atom stereocenters. The molecule has 0 radical (unpaired) electrons. The SMILES string of the molecule is C1CCOCC1.O=C(O)C(=O)O. The summed E-state index contributed by atoms with van der Waals surface area (Å²) in [4.78, 5) is 18.2. The maximum absolute atomic E-state index is 9.10. The lowest BCUT2D eigenvalue weighted by atomic mass is 10.2. The Morgan fingerprint density at radius 3 is 1.42 bits per heavy atom. The Morgan fingerprint density at radius 2 is 1.33 bits per heavy atom. The van der Waals surface area contributed by atoms with Gasteiger partial charge in [0.25, 0.3) is 0 Å². The highest BCUT2D eigenvalue weighted by atomic mass is 16.5. The summed E-state index contributed by atoms with van der Waals surface area (Å²) in [6.07, 6.45) is 3.93. The van der Waals surface area contributed by atoms with Crippen LogP contribution >= 0.6 is 0 Å². The zero-order valence-electron chi connectivity index (χ0n) is 6.65. The molecule has 0 amide bonds. The number of rotatable bonds is 0. The van der Waals surface area contributed by atoms with Crippen LogP contribution in [0, 0.1) is 0 Å². The molecule has 1 fully saturated rings. The maximum atomic E-state index is 9.10. The summed E-state index contributed by atoms with van der Waals surface area (Å²) in [6.45, 7) is 2.00. The van der Waals surface area contributed by atoms with Crippen LogP contribution in [0.5, 0.6) is 0 Å². The van der Waals surface area contributed by atoms with Crippen LogP contribution in [0.4, 0.5) is 0 Å². The van der Waals surface area contributed by atoms with Crippen molar-refractivity contribution >= 4 is 11.9 Å². The average molecular weight is 176 g/mol. The van der Waals surface area contributed by atoms with Crippen LogP contribution in [0.1, 0.15) is 19.3 Å². The van der Waals surface area contributed by atoms with Crippen LogP contribution in [0.3, 0.4) is 0 Å². The smallest absolute Gasteiger partial charge is 0.414 e. The van der Waals surface area contributed by atoms with Crippen LogP contribution < -0.4 is 0 Å². The van der Waals surface area contributed by atoms with Crippen LogP contribution in [0.15, 0.2) is 0 Å². The highest BCUT2D eigenvalue weighted by molar-refractivity contribution is 6.27. The van der Waals surface area contributed by atoms with Gasteiger partial charge in [-0.05, 0) is 19.3 Å². The van der Waals surface area contributed by atoms with Gasteiger partial charge in [0.15, 0.2) is 0 Å². The van der Waals surface area contributed by atoms with Gasteiger partial charge in [0.1, 0.15) is 0 Å². The van der Waals surface area contributed by atoms with E-state index >= 15 is 0 Å². The normalized spacial score (nSPS) is 15.7. The Hall–Kier alpha value is -1.10. The second-order valence-corrected chi connectivity index (χ2v) is 2.28. The molecule has 0 atom stereocenters. The Labute approximate surface area is 70.0 Å². The van der Waals surface area contributed by atoms with E-state index in [1.54, 1.807) is 0 Å². The molecule has 0 spiro atoms. The van der Waals surface area contributed by atoms with Gasteiger partial charge < -0.3 is 14.9 Å². The molecule has 2 N–H and O–H groups in total. The summed E-state index contributed by atoms with van der Waals surface area (Å²) >= 11 is 0. The molecule has 5 nitrogen and oxygen atoms in total. The molecule has 0 aromatic rings. The standard InChI is InChI=1S/C5H10O.C2H2O4/c1-2-4-6-5-3-1;3-1(4)2(5)6/h1-5H2;(H,3,4)(H,5,6). The van der Waals surface area contributed by atoms with Crippen LogP contribution in [0.2, 0.25) is 0 Å². The zero-order chi connectivity index (χ0) is 9.40. The third kappa shape index (κ3) is 7.01. The lowest BCUT2D eigenvalue weighted by Gasteiger charge is -2.08. The number of carboxylic acids is 2. The van der Waals surface area contributed by atoms with E-state index in [0.29, 0.717) is 0 Å². The molecule has 1 saturated heterocycles. The Kier molecular flexibility index (Phi) is 6.00. The first-order valence-electron chi connectivity index (χ1n) is 3.68. The summed E-state index contributed by atoms with van der Waals surface area (Å²) in [5.41, 5.74) is 0. The molecule has 0 aromatic carbocycles. The molecule has 1 rings (SSSR count). The van der Waals surface area contributed by atoms with Crippen molar-refractivity contribution in [2.24, 2.45) is 0 Å². The van der Waals surface area contributed by atoms with Gasteiger partial charge in [0.2, 0.25) is 0 Å². The Bertz CT molecular complexity index is 126. The molecule has 0 aliphatic carbocycles. The van der Waals surface area contributed by atoms with Gasteiger partial charge >= 0.3 is 11.9 Å². The average Bonchev–Trinajstić information content (AvgIpc) is 2.08. The molecule has 0 saturated carbocycles. The van der Waals surface area contributed by atoms with Crippen molar-refractivity contribution < 1.29 is 24.5 Å². The van der Waals surface area contributed by atoms with E-state index in [-0.39, 0.29) is 0 Å². The van der Waals surface area contributed by atoms with Crippen LogP contribution in [-0.2, 0) is 14.3 Å². The fourth-order valence-corrected chi connectivity index (χ4v) is 0.687. The molecular formula is C7H12O5. The van der Waals surface area contributed by atoms with Crippen molar-refractivity contribution in [2.75, 3.05) is 13.2 Å². The Balaban J connectivity index is 0.000000202. The number of ether oxygens (including phenoxy) is 1. The number of carbonyl (C=O) groups is 2. The van der Waals surface area contributed by atoms with Crippen molar-refractivity contribution in [2.45, 2.75) is 19.3 Å². The van der Waals surface area contributed by atoms with Gasteiger partial charge in [0.05, 0.1) is 0 Å². The molecule has 70 valence electrons. The van der Waals surface area contributed by atoms with E-state index in [2.05, 4.69) is 0 Å². The lowest BCUT2D eigenvalue weighted by molar-refractivity contribution is -0.159. The first kappa shape index (κ1) is 10.9. The van der Waals surface area contributed by atoms with E-state index in [0.717, 1.165) is 13.2 Å². The maximum Gasteiger partial charge on any atom is 0.414 e.